The molecule has 0 bridgehead atoms. The molecule has 8 nitrogen and oxygen atoms in total. The van der Waals surface area contributed by atoms with Crippen molar-refractivity contribution in [2.45, 2.75) is 25.5 Å². The molecule has 4 rings (SSSR count). The predicted octanol–water partition coefficient (Wildman–Crippen LogP) is 1.77. The summed E-state index contributed by atoms with van der Waals surface area (Å²) in [6, 6.07) is 3.91. The monoisotopic (exact) mass is 337 g/mol. The first-order valence-corrected chi connectivity index (χ1v) is 8.34. The van der Waals surface area contributed by atoms with Crippen LogP contribution in [0.4, 0.5) is 5.95 Å². The molecule has 0 saturated carbocycles. The summed E-state index contributed by atoms with van der Waals surface area (Å²) in [5, 5.41) is 11.6. The number of ether oxygens (including phenoxy) is 1. The van der Waals surface area contributed by atoms with Gasteiger partial charge in [0.25, 0.3) is 0 Å². The van der Waals surface area contributed by atoms with Crippen LogP contribution in [0.3, 0.4) is 0 Å². The zero-order chi connectivity index (χ0) is 16.9. The molecule has 1 saturated heterocycles. The Bertz CT molecular complexity index is 797. The van der Waals surface area contributed by atoms with Gasteiger partial charge in [-0.2, -0.15) is 0 Å². The minimum atomic E-state index is 0.261. The molecule has 25 heavy (non-hydrogen) atoms. The van der Waals surface area contributed by atoms with Crippen molar-refractivity contribution in [1.29, 1.82) is 0 Å². The maximum absolute atomic E-state index is 5.58. The van der Waals surface area contributed by atoms with E-state index in [0.717, 1.165) is 42.8 Å². The van der Waals surface area contributed by atoms with Crippen molar-refractivity contribution in [2.24, 2.45) is 0 Å². The second-order valence-electron chi connectivity index (χ2n) is 5.97. The third kappa shape index (κ3) is 3.97. The van der Waals surface area contributed by atoms with Crippen LogP contribution in [0, 0.1) is 0 Å². The molecule has 1 fully saturated rings. The largest absolute Gasteiger partial charge is 0.376 e. The van der Waals surface area contributed by atoms with Crippen molar-refractivity contribution in [3.05, 3.63) is 48.7 Å². The summed E-state index contributed by atoms with van der Waals surface area (Å²) in [4.78, 5) is 12.7. The Hall–Kier alpha value is -2.87. The van der Waals surface area contributed by atoms with E-state index in [4.69, 9.17) is 4.74 Å². The van der Waals surface area contributed by atoms with Gasteiger partial charge in [-0.25, -0.2) is 14.6 Å². The van der Waals surface area contributed by atoms with Gasteiger partial charge in [0.05, 0.1) is 18.8 Å². The lowest BCUT2D eigenvalue weighted by molar-refractivity contribution is 0.120. The standard InChI is InChI=1S/C17H19N7O/c1-2-15(25-7-1)10-21-17-19-8-14(9-20-17)16-12-24(23-22-16)11-13-3-5-18-6-4-13/h3-6,8-9,12,15H,1-2,7,10-11H2,(H,19,20,21)/t15-/m1/s1. The van der Waals surface area contributed by atoms with Gasteiger partial charge in [0.1, 0.15) is 5.69 Å². The summed E-state index contributed by atoms with van der Waals surface area (Å²) >= 11 is 0. The third-order valence-corrected chi connectivity index (χ3v) is 4.09. The summed E-state index contributed by atoms with van der Waals surface area (Å²) in [7, 11) is 0. The van der Waals surface area contributed by atoms with E-state index in [0.29, 0.717) is 12.5 Å². The maximum atomic E-state index is 5.58. The first kappa shape index (κ1) is 15.6. The van der Waals surface area contributed by atoms with Crippen LogP contribution in [0.25, 0.3) is 11.3 Å². The average Bonchev–Trinajstić information content (AvgIpc) is 3.33. The number of rotatable bonds is 6. The van der Waals surface area contributed by atoms with Gasteiger partial charge in [-0.3, -0.25) is 4.98 Å². The first-order valence-electron chi connectivity index (χ1n) is 8.34. The number of hydrogen-bond acceptors (Lipinski definition) is 7. The van der Waals surface area contributed by atoms with E-state index in [9.17, 15) is 0 Å². The molecular formula is C17H19N7O. The van der Waals surface area contributed by atoms with Crippen LogP contribution in [-0.2, 0) is 11.3 Å². The number of nitrogens with zero attached hydrogens (tertiary/aromatic N) is 6. The zero-order valence-corrected chi connectivity index (χ0v) is 13.7. The van der Waals surface area contributed by atoms with Gasteiger partial charge >= 0.3 is 0 Å². The second kappa shape index (κ2) is 7.35. The molecule has 0 aromatic carbocycles. The Morgan fingerprint density at radius 3 is 2.80 bits per heavy atom. The van der Waals surface area contributed by atoms with Crippen molar-refractivity contribution in [1.82, 2.24) is 29.9 Å². The van der Waals surface area contributed by atoms with E-state index in [2.05, 4.69) is 30.6 Å². The lowest BCUT2D eigenvalue weighted by Gasteiger charge is -2.10. The first-order chi connectivity index (χ1) is 12.4. The molecule has 1 N–H and O–H groups in total. The Balaban J connectivity index is 1.38. The van der Waals surface area contributed by atoms with E-state index in [1.807, 2.05) is 18.3 Å². The van der Waals surface area contributed by atoms with Gasteiger partial charge in [0.15, 0.2) is 0 Å². The van der Waals surface area contributed by atoms with E-state index in [-0.39, 0.29) is 6.10 Å². The van der Waals surface area contributed by atoms with Gasteiger partial charge < -0.3 is 10.1 Å². The molecule has 0 spiro atoms. The number of aromatic nitrogens is 6. The topological polar surface area (TPSA) is 90.6 Å². The summed E-state index contributed by atoms with van der Waals surface area (Å²) in [6.07, 6.45) is 11.4. The summed E-state index contributed by atoms with van der Waals surface area (Å²) in [6.45, 7) is 2.24. The van der Waals surface area contributed by atoms with Crippen molar-refractivity contribution in [2.75, 3.05) is 18.5 Å². The second-order valence-corrected chi connectivity index (χ2v) is 5.97. The highest BCUT2D eigenvalue weighted by Gasteiger charge is 2.15. The van der Waals surface area contributed by atoms with Gasteiger partial charge in [0, 0.05) is 43.5 Å². The van der Waals surface area contributed by atoms with Gasteiger partial charge in [-0.1, -0.05) is 5.21 Å². The highest BCUT2D eigenvalue weighted by atomic mass is 16.5. The fourth-order valence-electron chi connectivity index (χ4n) is 2.75. The number of hydrogen-bond donors (Lipinski definition) is 1. The minimum absolute atomic E-state index is 0.261. The SMILES string of the molecule is c1cc(Cn2cc(-c3cnc(NC[C@H]4CCCO4)nc3)nn2)ccn1. The van der Waals surface area contributed by atoms with Gasteiger partial charge in [-0.15, -0.1) is 5.10 Å². The normalized spacial score (nSPS) is 16.9. The number of nitrogens with one attached hydrogen (secondary N) is 1. The van der Waals surface area contributed by atoms with Crippen LogP contribution in [-0.4, -0.2) is 49.2 Å². The lowest BCUT2D eigenvalue weighted by atomic mass is 10.2. The summed E-state index contributed by atoms with van der Waals surface area (Å²) in [5.74, 6) is 0.600. The highest BCUT2D eigenvalue weighted by molar-refractivity contribution is 5.55. The van der Waals surface area contributed by atoms with Crippen molar-refractivity contribution < 1.29 is 4.74 Å². The Labute approximate surface area is 145 Å². The Morgan fingerprint density at radius 2 is 2.04 bits per heavy atom. The van der Waals surface area contributed by atoms with Gasteiger partial charge in [-0.05, 0) is 30.5 Å². The van der Waals surface area contributed by atoms with Crippen LogP contribution in [0.15, 0.2) is 43.1 Å². The van der Waals surface area contributed by atoms with Crippen molar-refractivity contribution >= 4 is 5.95 Å². The van der Waals surface area contributed by atoms with E-state index in [1.165, 1.54) is 0 Å². The van der Waals surface area contributed by atoms with Crippen LogP contribution in [0.2, 0.25) is 0 Å². The molecule has 0 unspecified atom stereocenters. The highest BCUT2D eigenvalue weighted by Crippen LogP contribution is 2.16. The smallest absolute Gasteiger partial charge is 0.222 e. The fraction of sp³-hybridized carbons (Fsp3) is 0.353. The molecule has 3 aromatic heterocycles. The molecule has 0 radical (unpaired) electrons. The summed E-state index contributed by atoms with van der Waals surface area (Å²) in [5.41, 5.74) is 2.71. The Kier molecular flexibility index (Phi) is 4.60. The molecular weight excluding hydrogens is 318 g/mol. The van der Waals surface area contributed by atoms with E-state index < -0.39 is 0 Å². The number of anilines is 1. The molecule has 8 heteroatoms. The van der Waals surface area contributed by atoms with Crippen LogP contribution in [0.1, 0.15) is 18.4 Å². The maximum Gasteiger partial charge on any atom is 0.222 e. The van der Waals surface area contributed by atoms with Crippen LogP contribution < -0.4 is 5.32 Å². The Morgan fingerprint density at radius 1 is 1.20 bits per heavy atom. The molecule has 4 heterocycles. The minimum Gasteiger partial charge on any atom is -0.376 e. The molecule has 1 aliphatic rings. The molecule has 0 amide bonds. The van der Waals surface area contributed by atoms with Crippen LogP contribution >= 0.6 is 0 Å². The molecule has 1 atom stereocenters. The van der Waals surface area contributed by atoms with Crippen molar-refractivity contribution in [3.63, 3.8) is 0 Å². The lowest BCUT2D eigenvalue weighted by Crippen LogP contribution is -2.19. The quantitative estimate of drug-likeness (QED) is 0.733. The fourth-order valence-corrected chi connectivity index (χ4v) is 2.75. The van der Waals surface area contributed by atoms with Crippen LogP contribution in [0.5, 0.6) is 0 Å². The van der Waals surface area contributed by atoms with E-state index in [1.54, 1.807) is 29.5 Å². The molecule has 1 aliphatic heterocycles. The number of pyridine rings is 1. The summed E-state index contributed by atoms with van der Waals surface area (Å²) < 4.78 is 7.36. The zero-order valence-electron chi connectivity index (χ0n) is 13.7. The van der Waals surface area contributed by atoms with E-state index >= 15 is 0 Å². The average molecular weight is 337 g/mol. The molecule has 128 valence electrons. The molecule has 3 aromatic rings. The van der Waals surface area contributed by atoms with Crippen molar-refractivity contribution in [3.8, 4) is 11.3 Å². The van der Waals surface area contributed by atoms with Gasteiger partial charge in [0.2, 0.25) is 5.95 Å². The predicted molar refractivity (Wildman–Crippen MR) is 91.9 cm³/mol. The molecule has 0 aliphatic carbocycles. The third-order valence-electron chi connectivity index (χ3n) is 4.09.